The molecule has 0 saturated carbocycles. The van der Waals surface area contributed by atoms with E-state index in [0.29, 0.717) is 35.8 Å². The van der Waals surface area contributed by atoms with Gasteiger partial charge in [-0.05, 0) is 25.2 Å². The second kappa shape index (κ2) is 10.4. The highest BCUT2D eigenvalue weighted by Crippen LogP contribution is 2.27. The van der Waals surface area contributed by atoms with Gasteiger partial charge in [0.15, 0.2) is 0 Å². The van der Waals surface area contributed by atoms with Crippen LogP contribution in [0.2, 0.25) is 0 Å². The number of anilines is 1. The Morgan fingerprint density at radius 2 is 2.00 bits per heavy atom. The van der Waals surface area contributed by atoms with Crippen LogP contribution in [0.5, 0.6) is 5.75 Å². The Balaban J connectivity index is 1.50. The van der Waals surface area contributed by atoms with Crippen LogP contribution >= 0.6 is 0 Å². The van der Waals surface area contributed by atoms with Gasteiger partial charge in [0.1, 0.15) is 35.4 Å². The van der Waals surface area contributed by atoms with E-state index >= 15 is 4.39 Å². The van der Waals surface area contributed by atoms with Crippen molar-refractivity contribution < 1.29 is 13.9 Å². The number of hydrogen-bond donors (Lipinski definition) is 1. The average molecular weight is 450 g/mol. The van der Waals surface area contributed by atoms with Crippen LogP contribution in [-0.4, -0.2) is 54.5 Å². The number of ether oxygens (including phenoxy) is 1. The maximum Gasteiger partial charge on any atom is 0.259 e. The van der Waals surface area contributed by atoms with Crippen molar-refractivity contribution in [2.45, 2.75) is 19.1 Å². The number of likely N-dealkylation sites (N-methyl/N-ethyl adjacent to an activating group) is 1. The summed E-state index contributed by atoms with van der Waals surface area (Å²) in [6.07, 6.45) is 3.50. The first-order valence-corrected chi connectivity index (χ1v) is 11.0. The first kappa shape index (κ1) is 22.7. The van der Waals surface area contributed by atoms with E-state index in [0.717, 1.165) is 18.5 Å². The molecule has 0 bridgehead atoms. The zero-order valence-corrected chi connectivity index (χ0v) is 18.9. The van der Waals surface area contributed by atoms with Crippen LogP contribution in [-0.2, 0) is 6.54 Å². The Hall–Kier alpha value is -3.52. The fourth-order valence-corrected chi connectivity index (χ4v) is 3.91. The Morgan fingerprint density at radius 1 is 1.18 bits per heavy atom. The van der Waals surface area contributed by atoms with Gasteiger partial charge in [0, 0.05) is 50.9 Å². The van der Waals surface area contributed by atoms with Crippen molar-refractivity contribution >= 4 is 11.7 Å². The quantitative estimate of drug-likeness (QED) is 0.568. The summed E-state index contributed by atoms with van der Waals surface area (Å²) < 4.78 is 21.2. The molecule has 0 spiro atoms. The van der Waals surface area contributed by atoms with E-state index in [1.807, 2.05) is 49.3 Å². The van der Waals surface area contributed by atoms with Gasteiger partial charge in [-0.15, -0.1) is 0 Å². The Morgan fingerprint density at radius 3 is 2.76 bits per heavy atom. The number of nitrogens with one attached hydrogen (secondary N) is 1. The van der Waals surface area contributed by atoms with Crippen LogP contribution in [0.1, 0.15) is 34.0 Å². The number of benzene rings is 2. The molecular formula is C25H28FN5O2. The fourth-order valence-electron chi connectivity index (χ4n) is 3.91. The second-order valence-corrected chi connectivity index (χ2v) is 8.07. The van der Waals surface area contributed by atoms with Gasteiger partial charge in [0.2, 0.25) is 0 Å². The van der Waals surface area contributed by atoms with E-state index in [-0.39, 0.29) is 18.6 Å². The highest BCUT2D eigenvalue weighted by Gasteiger charge is 2.27. The van der Waals surface area contributed by atoms with Gasteiger partial charge in [-0.3, -0.25) is 4.79 Å². The van der Waals surface area contributed by atoms with Gasteiger partial charge in [-0.25, -0.2) is 14.4 Å². The summed E-state index contributed by atoms with van der Waals surface area (Å²) in [5.41, 5.74) is 1.90. The number of carbonyl (C=O) groups is 1. The predicted molar refractivity (Wildman–Crippen MR) is 125 cm³/mol. The molecule has 33 heavy (non-hydrogen) atoms. The molecule has 7 nitrogen and oxygen atoms in total. The minimum Gasteiger partial charge on any atom is -0.486 e. The van der Waals surface area contributed by atoms with Crippen molar-refractivity contribution in [3.8, 4) is 5.75 Å². The van der Waals surface area contributed by atoms with E-state index in [4.69, 9.17) is 4.74 Å². The van der Waals surface area contributed by atoms with Gasteiger partial charge in [-0.2, -0.15) is 0 Å². The molecule has 1 aliphatic heterocycles. The summed E-state index contributed by atoms with van der Waals surface area (Å²) in [7, 11) is 3.77. The first-order valence-electron chi connectivity index (χ1n) is 11.0. The molecule has 1 atom stereocenters. The van der Waals surface area contributed by atoms with Crippen molar-refractivity contribution in [2.75, 3.05) is 38.6 Å². The van der Waals surface area contributed by atoms with Gasteiger partial charge < -0.3 is 19.9 Å². The van der Waals surface area contributed by atoms with Crippen molar-refractivity contribution in [3.05, 3.63) is 83.6 Å². The number of aromatic nitrogens is 2. The highest BCUT2D eigenvalue weighted by molar-refractivity contribution is 5.99. The topological polar surface area (TPSA) is 70.6 Å². The summed E-state index contributed by atoms with van der Waals surface area (Å²) in [5.74, 6) is 0.450. The predicted octanol–water partition coefficient (Wildman–Crippen LogP) is 3.44. The maximum atomic E-state index is 15.0. The molecule has 3 aromatic rings. The molecule has 1 N–H and O–H groups in total. The Kier molecular flexibility index (Phi) is 7.14. The smallest absolute Gasteiger partial charge is 0.259 e. The molecule has 1 unspecified atom stereocenters. The largest absolute Gasteiger partial charge is 0.486 e. The SMILES string of the molecule is CNCCC(Oc1ccc(CN2CCN(C)c3ncncc3C2=O)c(F)c1)c1ccccc1. The van der Waals surface area contributed by atoms with E-state index in [1.54, 1.807) is 17.0 Å². The number of hydrogen-bond acceptors (Lipinski definition) is 6. The van der Waals surface area contributed by atoms with E-state index < -0.39 is 5.82 Å². The molecule has 0 fully saturated rings. The zero-order valence-electron chi connectivity index (χ0n) is 18.9. The lowest BCUT2D eigenvalue weighted by Crippen LogP contribution is -2.33. The lowest BCUT2D eigenvalue weighted by atomic mass is 10.1. The summed E-state index contributed by atoms with van der Waals surface area (Å²) in [6, 6.07) is 14.8. The van der Waals surface area contributed by atoms with E-state index in [2.05, 4.69) is 15.3 Å². The van der Waals surface area contributed by atoms with Crippen LogP contribution < -0.4 is 15.0 Å². The first-order chi connectivity index (χ1) is 16.1. The van der Waals surface area contributed by atoms with Crippen LogP contribution in [0.4, 0.5) is 10.2 Å². The van der Waals surface area contributed by atoms with Crippen molar-refractivity contribution in [1.82, 2.24) is 20.2 Å². The van der Waals surface area contributed by atoms with Crippen LogP contribution in [0, 0.1) is 5.82 Å². The third-order valence-corrected chi connectivity index (χ3v) is 5.77. The third kappa shape index (κ3) is 5.28. The highest BCUT2D eigenvalue weighted by atomic mass is 19.1. The molecule has 8 heteroatoms. The van der Waals surface area contributed by atoms with Gasteiger partial charge in [0.25, 0.3) is 5.91 Å². The van der Waals surface area contributed by atoms with E-state index in [1.165, 1.54) is 18.6 Å². The molecule has 4 rings (SSSR count). The Bertz CT molecular complexity index is 1100. The number of carbonyl (C=O) groups excluding carboxylic acids is 1. The van der Waals surface area contributed by atoms with Gasteiger partial charge >= 0.3 is 0 Å². The molecule has 172 valence electrons. The second-order valence-electron chi connectivity index (χ2n) is 8.07. The normalized spacial score (nSPS) is 14.6. The van der Waals surface area contributed by atoms with Crippen LogP contribution in [0.15, 0.2) is 61.1 Å². The molecule has 2 aromatic carbocycles. The van der Waals surface area contributed by atoms with Crippen LogP contribution in [0.25, 0.3) is 0 Å². The zero-order chi connectivity index (χ0) is 23.2. The van der Waals surface area contributed by atoms with Gasteiger partial charge in [0.05, 0.1) is 0 Å². The monoisotopic (exact) mass is 449 g/mol. The van der Waals surface area contributed by atoms with E-state index in [9.17, 15) is 4.79 Å². The minimum absolute atomic E-state index is 0.162. The average Bonchev–Trinajstić information content (AvgIpc) is 2.96. The van der Waals surface area contributed by atoms with Crippen molar-refractivity contribution in [2.24, 2.45) is 0 Å². The number of rotatable bonds is 8. The van der Waals surface area contributed by atoms with Gasteiger partial charge in [-0.1, -0.05) is 36.4 Å². The fraction of sp³-hybridized carbons (Fsp3) is 0.320. The van der Waals surface area contributed by atoms with Crippen molar-refractivity contribution in [1.29, 1.82) is 0 Å². The molecule has 2 heterocycles. The number of amides is 1. The molecule has 0 aliphatic carbocycles. The van der Waals surface area contributed by atoms with Crippen LogP contribution in [0.3, 0.4) is 0 Å². The Labute approximate surface area is 193 Å². The number of nitrogens with zero attached hydrogens (tertiary/aromatic N) is 4. The number of fused-ring (bicyclic) bond motifs is 1. The molecule has 1 aliphatic rings. The molecule has 1 amide bonds. The summed E-state index contributed by atoms with van der Waals surface area (Å²) in [5, 5.41) is 3.14. The standard InChI is InChI=1S/C25H28FN5O2/c1-27-11-10-23(18-6-4-3-5-7-18)33-20-9-8-19(22(26)14-20)16-31-13-12-30(2)24-21(25(31)32)15-28-17-29-24/h3-9,14-15,17,23,27H,10-13,16H2,1-2H3. The lowest BCUT2D eigenvalue weighted by Gasteiger charge is -2.22. The third-order valence-electron chi connectivity index (χ3n) is 5.77. The summed E-state index contributed by atoms with van der Waals surface area (Å²) in [6.45, 7) is 2.00. The molecule has 0 saturated heterocycles. The summed E-state index contributed by atoms with van der Waals surface area (Å²) >= 11 is 0. The lowest BCUT2D eigenvalue weighted by molar-refractivity contribution is 0.0753. The molecule has 1 aromatic heterocycles. The minimum atomic E-state index is -0.400. The van der Waals surface area contributed by atoms with Crippen molar-refractivity contribution in [3.63, 3.8) is 0 Å². The molecular weight excluding hydrogens is 421 g/mol. The summed E-state index contributed by atoms with van der Waals surface area (Å²) in [4.78, 5) is 24.8. The molecule has 0 radical (unpaired) electrons. The maximum absolute atomic E-state index is 15.0. The number of halogens is 1.